The van der Waals surface area contributed by atoms with E-state index < -0.39 is 23.8 Å². The molecule has 0 aliphatic carbocycles. The van der Waals surface area contributed by atoms with E-state index in [9.17, 15) is 27.6 Å². The van der Waals surface area contributed by atoms with Crippen molar-refractivity contribution in [2.45, 2.75) is 84.5 Å². The van der Waals surface area contributed by atoms with Crippen LogP contribution in [0.5, 0.6) is 0 Å². The van der Waals surface area contributed by atoms with Gasteiger partial charge in [-0.05, 0) is 37.5 Å². The van der Waals surface area contributed by atoms with Gasteiger partial charge in [0, 0.05) is 37.8 Å². The Morgan fingerprint density at radius 1 is 1.11 bits per heavy atom. The van der Waals surface area contributed by atoms with Gasteiger partial charge in [-0.1, -0.05) is 52.5 Å². The Kier molecular flexibility index (Phi) is 11.0. The number of amides is 4. The molecule has 1 fully saturated rings. The number of unbranched alkanes of at least 4 members (excludes halogenated alkanes) is 3. The van der Waals surface area contributed by atoms with E-state index in [1.165, 1.54) is 17.0 Å². The summed E-state index contributed by atoms with van der Waals surface area (Å²) in [6.07, 6.45) is 0.534. The fraction of sp³-hybridized carbons (Fsp3) is 0.654. The Bertz CT molecular complexity index is 893. The number of nitrogens with zero attached hydrogens (tertiary/aromatic N) is 2. The molecule has 0 spiro atoms. The molecule has 3 unspecified atom stereocenters. The Morgan fingerprint density at radius 3 is 2.44 bits per heavy atom. The summed E-state index contributed by atoms with van der Waals surface area (Å²) in [6, 6.07) is 2.98. The van der Waals surface area contributed by atoms with E-state index in [0.717, 1.165) is 44.2 Å². The fourth-order valence-electron chi connectivity index (χ4n) is 4.27. The number of halogens is 3. The lowest BCUT2D eigenvalue weighted by Gasteiger charge is -2.41. The quantitative estimate of drug-likeness (QED) is 0.419. The van der Waals surface area contributed by atoms with E-state index in [4.69, 9.17) is 0 Å². The van der Waals surface area contributed by atoms with Crippen molar-refractivity contribution >= 4 is 23.5 Å². The van der Waals surface area contributed by atoms with Gasteiger partial charge in [-0.15, -0.1) is 0 Å². The molecule has 10 heteroatoms. The molecule has 3 atom stereocenters. The molecule has 1 aromatic carbocycles. The SMILES string of the molecule is CCCCCCC(=O)NC(C(=O)N1CCN(C(=O)Nc2cccc(C(F)(F)F)c2)C(C)C1)C(C)CC. The Labute approximate surface area is 211 Å². The van der Waals surface area contributed by atoms with E-state index in [2.05, 4.69) is 17.6 Å². The van der Waals surface area contributed by atoms with Gasteiger partial charge in [0.1, 0.15) is 6.04 Å². The molecular formula is C26H39F3N4O3. The lowest BCUT2D eigenvalue weighted by atomic mass is 9.96. The third kappa shape index (κ3) is 8.41. The highest BCUT2D eigenvalue weighted by Gasteiger charge is 2.35. The summed E-state index contributed by atoms with van der Waals surface area (Å²) in [6.45, 7) is 8.57. The van der Waals surface area contributed by atoms with Crippen molar-refractivity contribution in [3.05, 3.63) is 29.8 Å². The first kappa shape index (κ1) is 29.5. The lowest BCUT2D eigenvalue weighted by Crippen LogP contribution is -2.60. The highest BCUT2D eigenvalue weighted by atomic mass is 19.4. The topological polar surface area (TPSA) is 81.8 Å². The Morgan fingerprint density at radius 2 is 1.83 bits per heavy atom. The third-order valence-corrected chi connectivity index (χ3v) is 6.69. The second kappa shape index (κ2) is 13.5. The zero-order valence-electron chi connectivity index (χ0n) is 21.7. The molecule has 36 heavy (non-hydrogen) atoms. The van der Waals surface area contributed by atoms with Crippen LogP contribution in [0.1, 0.15) is 71.8 Å². The first-order chi connectivity index (χ1) is 17.0. The van der Waals surface area contributed by atoms with Gasteiger partial charge in [0.15, 0.2) is 0 Å². The molecule has 1 aromatic rings. The molecule has 1 saturated heterocycles. The molecule has 202 valence electrons. The van der Waals surface area contributed by atoms with Crippen molar-refractivity contribution in [2.24, 2.45) is 5.92 Å². The predicted octanol–water partition coefficient (Wildman–Crippen LogP) is 5.27. The molecule has 2 rings (SSSR count). The van der Waals surface area contributed by atoms with Crippen LogP contribution in [-0.4, -0.2) is 59.4 Å². The Hall–Kier alpha value is -2.78. The molecule has 0 saturated carbocycles. The van der Waals surface area contributed by atoms with Crippen LogP contribution in [0.4, 0.5) is 23.7 Å². The average molecular weight is 513 g/mol. The van der Waals surface area contributed by atoms with E-state index in [0.29, 0.717) is 6.42 Å². The van der Waals surface area contributed by atoms with Crippen molar-refractivity contribution in [1.29, 1.82) is 0 Å². The van der Waals surface area contributed by atoms with Crippen LogP contribution < -0.4 is 10.6 Å². The summed E-state index contributed by atoms with van der Waals surface area (Å²) in [5, 5.41) is 5.46. The summed E-state index contributed by atoms with van der Waals surface area (Å²) in [4.78, 5) is 41.8. The largest absolute Gasteiger partial charge is 0.416 e. The van der Waals surface area contributed by atoms with Gasteiger partial charge in [0.05, 0.1) is 5.56 Å². The smallest absolute Gasteiger partial charge is 0.344 e. The van der Waals surface area contributed by atoms with Crippen LogP contribution >= 0.6 is 0 Å². The maximum atomic E-state index is 13.3. The molecular weight excluding hydrogens is 473 g/mol. The summed E-state index contributed by atoms with van der Waals surface area (Å²) < 4.78 is 38.9. The third-order valence-electron chi connectivity index (χ3n) is 6.69. The molecule has 2 N–H and O–H groups in total. The van der Waals surface area contributed by atoms with Crippen LogP contribution in [0.15, 0.2) is 24.3 Å². The first-order valence-electron chi connectivity index (χ1n) is 12.8. The fourth-order valence-corrected chi connectivity index (χ4v) is 4.27. The van der Waals surface area contributed by atoms with Crippen LogP contribution in [0.2, 0.25) is 0 Å². The number of alkyl halides is 3. The molecule has 0 radical (unpaired) electrons. The molecule has 1 aliphatic heterocycles. The second-order valence-corrected chi connectivity index (χ2v) is 9.58. The Balaban J connectivity index is 1.98. The van der Waals surface area contributed by atoms with Crippen molar-refractivity contribution in [3.8, 4) is 0 Å². The lowest BCUT2D eigenvalue weighted by molar-refractivity contribution is -0.140. The molecule has 4 amide bonds. The van der Waals surface area contributed by atoms with Crippen molar-refractivity contribution in [3.63, 3.8) is 0 Å². The molecule has 0 bridgehead atoms. The standard InChI is InChI=1S/C26H39F3N4O3/c1-5-7-8-9-13-22(34)31-23(18(3)6-2)24(35)32-14-15-33(19(4)17-32)25(36)30-21-12-10-11-20(16-21)26(27,28)29/h10-12,16,18-19,23H,5-9,13-15,17H2,1-4H3,(H,30,36)(H,31,34). The number of anilines is 1. The van der Waals surface area contributed by atoms with Gasteiger partial charge >= 0.3 is 12.2 Å². The average Bonchev–Trinajstić information content (AvgIpc) is 2.83. The number of benzene rings is 1. The van der Waals surface area contributed by atoms with E-state index >= 15 is 0 Å². The van der Waals surface area contributed by atoms with Gasteiger partial charge in [-0.3, -0.25) is 9.59 Å². The minimum Gasteiger partial charge on any atom is -0.344 e. The van der Waals surface area contributed by atoms with Gasteiger partial charge in [0.2, 0.25) is 11.8 Å². The number of piperazine rings is 1. The summed E-state index contributed by atoms with van der Waals surface area (Å²) in [5.41, 5.74) is -0.786. The van der Waals surface area contributed by atoms with Gasteiger partial charge in [-0.25, -0.2) is 4.79 Å². The monoisotopic (exact) mass is 512 g/mol. The van der Waals surface area contributed by atoms with E-state index in [1.807, 2.05) is 13.8 Å². The number of hydrogen-bond donors (Lipinski definition) is 2. The number of rotatable bonds is 10. The summed E-state index contributed by atoms with van der Waals surface area (Å²) >= 11 is 0. The molecule has 7 nitrogen and oxygen atoms in total. The number of hydrogen-bond acceptors (Lipinski definition) is 3. The van der Waals surface area contributed by atoms with Crippen LogP contribution in [-0.2, 0) is 15.8 Å². The van der Waals surface area contributed by atoms with E-state index in [1.54, 1.807) is 11.8 Å². The highest BCUT2D eigenvalue weighted by molar-refractivity contribution is 5.90. The maximum absolute atomic E-state index is 13.3. The predicted molar refractivity (Wildman–Crippen MR) is 133 cm³/mol. The summed E-state index contributed by atoms with van der Waals surface area (Å²) in [5.74, 6) is -0.345. The summed E-state index contributed by atoms with van der Waals surface area (Å²) in [7, 11) is 0. The highest BCUT2D eigenvalue weighted by Crippen LogP contribution is 2.30. The number of carbonyl (C=O) groups excluding carboxylic acids is 3. The molecule has 0 aromatic heterocycles. The van der Waals surface area contributed by atoms with Gasteiger partial charge in [-0.2, -0.15) is 13.2 Å². The van der Waals surface area contributed by atoms with Crippen LogP contribution in [0.25, 0.3) is 0 Å². The number of carbonyl (C=O) groups is 3. The van der Waals surface area contributed by atoms with Gasteiger partial charge in [0.25, 0.3) is 0 Å². The maximum Gasteiger partial charge on any atom is 0.416 e. The zero-order chi connectivity index (χ0) is 26.9. The minimum absolute atomic E-state index is 0.0466. The van der Waals surface area contributed by atoms with E-state index in [-0.39, 0.29) is 49.1 Å². The molecule has 1 aliphatic rings. The zero-order valence-corrected chi connectivity index (χ0v) is 21.7. The number of nitrogens with one attached hydrogen (secondary N) is 2. The second-order valence-electron chi connectivity index (χ2n) is 9.58. The van der Waals surface area contributed by atoms with Crippen molar-refractivity contribution in [2.75, 3.05) is 25.0 Å². The van der Waals surface area contributed by atoms with Crippen molar-refractivity contribution in [1.82, 2.24) is 15.1 Å². The van der Waals surface area contributed by atoms with Crippen LogP contribution in [0.3, 0.4) is 0 Å². The minimum atomic E-state index is -4.50. The van der Waals surface area contributed by atoms with Gasteiger partial charge < -0.3 is 20.4 Å². The molecule has 1 heterocycles. The normalized spacial score (nSPS) is 17.9. The van der Waals surface area contributed by atoms with Crippen LogP contribution in [0, 0.1) is 5.92 Å². The first-order valence-corrected chi connectivity index (χ1v) is 12.8. The van der Waals surface area contributed by atoms with Crippen molar-refractivity contribution < 1.29 is 27.6 Å². The number of urea groups is 1.